The first-order valence-corrected chi connectivity index (χ1v) is 5.78. The molecule has 0 amide bonds. The Morgan fingerprint density at radius 2 is 1.88 bits per heavy atom. The summed E-state index contributed by atoms with van der Waals surface area (Å²) in [6.45, 7) is 2.07. The van der Waals surface area contributed by atoms with E-state index >= 15 is 0 Å². The van der Waals surface area contributed by atoms with Gasteiger partial charge in [-0.3, -0.25) is 0 Å². The quantitative estimate of drug-likeness (QED) is 0.797. The van der Waals surface area contributed by atoms with E-state index in [1.54, 1.807) is 6.07 Å². The SMILES string of the molecule is Cc1ccc(SNc2cccc(N)n2)cc1. The minimum absolute atomic E-state index is 0.523. The maximum absolute atomic E-state index is 5.59. The van der Waals surface area contributed by atoms with Gasteiger partial charge in [0.15, 0.2) is 0 Å². The van der Waals surface area contributed by atoms with Gasteiger partial charge in [0.25, 0.3) is 0 Å². The largest absolute Gasteiger partial charge is 0.384 e. The van der Waals surface area contributed by atoms with E-state index in [0.717, 1.165) is 10.7 Å². The highest BCUT2D eigenvalue weighted by atomic mass is 32.2. The fraction of sp³-hybridized carbons (Fsp3) is 0.0833. The molecule has 0 atom stereocenters. The van der Waals surface area contributed by atoms with Crippen molar-refractivity contribution in [2.24, 2.45) is 0 Å². The summed E-state index contributed by atoms with van der Waals surface area (Å²) in [4.78, 5) is 5.30. The first-order chi connectivity index (χ1) is 7.74. The van der Waals surface area contributed by atoms with Crippen LogP contribution in [0.4, 0.5) is 11.6 Å². The molecule has 0 aliphatic rings. The molecular weight excluding hydrogens is 218 g/mol. The summed E-state index contributed by atoms with van der Waals surface area (Å²) in [6, 6.07) is 13.8. The van der Waals surface area contributed by atoms with Gasteiger partial charge in [0.05, 0.1) is 0 Å². The summed E-state index contributed by atoms with van der Waals surface area (Å²) in [5.74, 6) is 1.29. The first kappa shape index (κ1) is 10.8. The van der Waals surface area contributed by atoms with Crippen LogP contribution >= 0.6 is 11.9 Å². The van der Waals surface area contributed by atoms with E-state index in [1.165, 1.54) is 17.5 Å². The Balaban J connectivity index is 1.99. The van der Waals surface area contributed by atoms with E-state index in [2.05, 4.69) is 40.9 Å². The van der Waals surface area contributed by atoms with Gasteiger partial charge < -0.3 is 10.5 Å². The molecule has 0 aliphatic heterocycles. The fourth-order valence-corrected chi connectivity index (χ4v) is 1.83. The molecular formula is C12H13N3S. The van der Waals surface area contributed by atoms with Crippen LogP contribution in [0.3, 0.4) is 0 Å². The number of anilines is 2. The van der Waals surface area contributed by atoms with E-state index in [-0.39, 0.29) is 0 Å². The number of aryl methyl sites for hydroxylation is 1. The highest BCUT2D eigenvalue weighted by molar-refractivity contribution is 8.00. The van der Waals surface area contributed by atoms with Crippen molar-refractivity contribution in [3.05, 3.63) is 48.0 Å². The molecule has 1 aromatic heterocycles. The Morgan fingerprint density at radius 3 is 2.56 bits per heavy atom. The summed E-state index contributed by atoms with van der Waals surface area (Å²) in [5, 5.41) is 0. The molecule has 0 saturated carbocycles. The third-order valence-corrected chi connectivity index (χ3v) is 2.88. The van der Waals surface area contributed by atoms with Crippen LogP contribution in [0, 0.1) is 6.92 Å². The van der Waals surface area contributed by atoms with E-state index < -0.39 is 0 Å². The lowest BCUT2D eigenvalue weighted by molar-refractivity contribution is 1.34. The lowest BCUT2D eigenvalue weighted by atomic mass is 10.2. The van der Waals surface area contributed by atoms with E-state index in [4.69, 9.17) is 5.73 Å². The van der Waals surface area contributed by atoms with Gasteiger partial charge in [0.2, 0.25) is 0 Å². The van der Waals surface area contributed by atoms with Gasteiger partial charge in [-0.15, -0.1) is 0 Å². The molecule has 3 N–H and O–H groups in total. The molecule has 2 aromatic rings. The van der Waals surface area contributed by atoms with Crippen LogP contribution in [0.2, 0.25) is 0 Å². The number of hydrogen-bond donors (Lipinski definition) is 2. The molecule has 0 unspecified atom stereocenters. The number of nitrogen functional groups attached to an aromatic ring is 1. The molecule has 0 aliphatic carbocycles. The number of pyridine rings is 1. The lowest BCUT2D eigenvalue weighted by Crippen LogP contribution is -1.94. The topological polar surface area (TPSA) is 50.9 Å². The molecule has 0 spiro atoms. The molecule has 1 aromatic carbocycles. The Kier molecular flexibility index (Phi) is 3.31. The smallest absolute Gasteiger partial charge is 0.138 e. The van der Waals surface area contributed by atoms with Crippen molar-refractivity contribution in [1.29, 1.82) is 0 Å². The second-order valence-corrected chi connectivity index (χ2v) is 4.34. The van der Waals surface area contributed by atoms with E-state index in [9.17, 15) is 0 Å². The number of nitrogens with two attached hydrogens (primary N) is 1. The number of nitrogens with one attached hydrogen (secondary N) is 1. The van der Waals surface area contributed by atoms with Crippen LogP contribution in [0.1, 0.15) is 5.56 Å². The maximum Gasteiger partial charge on any atom is 0.138 e. The fourth-order valence-electron chi connectivity index (χ4n) is 1.23. The Hall–Kier alpha value is -1.68. The van der Waals surface area contributed by atoms with Crippen molar-refractivity contribution in [1.82, 2.24) is 4.98 Å². The number of aromatic nitrogens is 1. The van der Waals surface area contributed by atoms with Crippen LogP contribution < -0.4 is 10.5 Å². The van der Waals surface area contributed by atoms with Crippen LogP contribution in [0.25, 0.3) is 0 Å². The molecule has 0 fully saturated rings. The summed E-state index contributed by atoms with van der Waals surface area (Å²) in [7, 11) is 0. The number of benzene rings is 1. The summed E-state index contributed by atoms with van der Waals surface area (Å²) < 4.78 is 3.15. The van der Waals surface area contributed by atoms with Crippen molar-refractivity contribution < 1.29 is 0 Å². The van der Waals surface area contributed by atoms with Gasteiger partial charge in [0.1, 0.15) is 11.6 Å². The lowest BCUT2D eigenvalue weighted by Gasteiger charge is -2.05. The minimum atomic E-state index is 0.523. The standard InChI is InChI=1S/C12H13N3S/c1-9-5-7-10(8-6-9)16-15-12-4-2-3-11(13)14-12/h2-8H,1H3,(H3,13,14,15). The average molecular weight is 231 g/mol. The highest BCUT2D eigenvalue weighted by Gasteiger charge is 1.96. The summed E-state index contributed by atoms with van der Waals surface area (Å²) in [5.41, 5.74) is 6.84. The predicted molar refractivity (Wildman–Crippen MR) is 69.3 cm³/mol. The zero-order chi connectivity index (χ0) is 11.4. The minimum Gasteiger partial charge on any atom is -0.384 e. The van der Waals surface area contributed by atoms with E-state index in [1.807, 2.05) is 12.1 Å². The second kappa shape index (κ2) is 4.90. The van der Waals surface area contributed by atoms with Crippen molar-refractivity contribution >= 4 is 23.6 Å². The van der Waals surface area contributed by atoms with Gasteiger partial charge in [-0.2, -0.15) is 0 Å². The van der Waals surface area contributed by atoms with E-state index in [0.29, 0.717) is 5.82 Å². The number of hydrogen-bond acceptors (Lipinski definition) is 4. The Morgan fingerprint density at radius 1 is 1.12 bits per heavy atom. The maximum atomic E-state index is 5.59. The predicted octanol–water partition coefficient (Wildman–Crippen LogP) is 3.09. The molecule has 0 saturated heterocycles. The van der Waals surface area contributed by atoms with Gasteiger partial charge in [-0.25, -0.2) is 4.98 Å². The Bertz CT molecular complexity index is 468. The number of rotatable bonds is 3. The second-order valence-electron chi connectivity index (χ2n) is 3.46. The van der Waals surface area contributed by atoms with Gasteiger partial charge in [-0.1, -0.05) is 23.8 Å². The molecule has 1 heterocycles. The summed E-state index contributed by atoms with van der Waals surface area (Å²) in [6.07, 6.45) is 0. The average Bonchev–Trinajstić information content (AvgIpc) is 2.28. The van der Waals surface area contributed by atoms with Crippen LogP contribution in [-0.4, -0.2) is 4.98 Å². The van der Waals surface area contributed by atoms with Crippen molar-refractivity contribution in [3.8, 4) is 0 Å². The molecule has 4 heteroatoms. The normalized spacial score (nSPS) is 10.1. The molecule has 2 rings (SSSR count). The molecule has 16 heavy (non-hydrogen) atoms. The van der Waals surface area contributed by atoms with Crippen molar-refractivity contribution in [2.45, 2.75) is 11.8 Å². The van der Waals surface area contributed by atoms with Crippen LogP contribution in [0.5, 0.6) is 0 Å². The van der Waals surface area contributed by atoms with Gasteiger partial charge >= 0.3 is 0 Å². The Labute approximate surface area is 99.2 Å². The van der Waals surface area contributed by atoms with Crippen molar-refractivity contribution in [3.63, 3.8) is 0 Å². The monoisotopic (exact) mass is 231 g/mol. The third kappa shape index (κ3) is 2.90. The zero-order valence-electron chi connectivity index (χ0n) is 8.97. The van der Waals surface area contributed by atoms with Gasteiger partial charge in [-0.05, 0) is 43.1 Å². The zero-order valence-corrected chi connectivity index (χ0v) is 9.79. The first-order valence-electron chi connectivity index (χ1n) is 4.96. The number of nitrogens with zero attached hydrogens (tertiary/aromatic N) is 1. The third-order valence-electron chi connectivity index (χ3n) is 2.07. The molecule has 82 valence electrons. The molecule has 0 radical (unpaired) electrons. The van der Waals surface area contributed by atoms with Gasteiger partial charge in [0, 0.05) is 4.90 Å². The molecule has 0 bridgehead atoms. The molecule has 3 nitrogen and oxygen atoms in total. The highest BCUT2D eigenvalue weighted by Crippen LogP contribution is 2.20. The van der Waals surface area contributed by atoms with Crippen molar-refractivity contribution in [2.75, 3.05) is 10.5 Å². The summed E-state index contributed by atoms with van der Waals surface area (Å²) >= 11 is 1.52. The van der Waals surface area contributed by atoms with Crippen LogP contribution in [-0.2, 0) is 0 Å². The van der Waals surface area contributed by atoms with Crippen LogP contribution in [0.15, 0.2) is 47.4 Å².